The lowest BCUT2D eigenvalue weighted by Crippen LogP contribution is -1.90. The van der Waals surface area contributed by atoms with Crippen LogP contribution in [0.3, 0.4) is 0 Å². The molecule has 2 aromatic carbocycles. The number of nitrogens with zero attached hydrogens (tertiary/aromatic N) is 1. The number of phenolic OH excluding ortho intramolecular Hbond substituents is 1. The van der Waals surface area contributed by atoms with Crippen LogP contribution in [0.25, 0.3) is 21.8 Å². The molecule has 21 heavy (non-hydrogen) atoms. The van der Waals surface area contributed by atoms with Crippen LogP contribution >= 0.6 is 11.3 Å². The molecule has 3 aromatic rings. The molecule has 0 radical (unpaired) electrons. The molecule has 3 heteroatoms. The van der Waals surface area contributed by atoms with Gasteiger partial charge in [-0.1, -0.05) is 29.8 Å². The zero-order valence-corrected chi connectivity index (χ0v) is 13.2. The Bertz CT molecular complexity index is 781. The summed E-state index contributed by atoms with van der Waals surface area (Å²) in [6, 6.07) is 11.7. The predicted molar refractivity (Wildman–Crippen MR) is 88.9 cm³/mol. The van der Waals surface area contributed by atoms with Crippen molar-refractivity contribution < 1.29 is 5.11 Å². The average Bonchev–Trinajstić information content (AvgIpc) is 2.87. The first-order chi connectivity index (χ1) is 10.1. The van der Waals surface area contributed by atoms with Gasteiger partial charge in [-0.15, -0.1) is 11.3 Å². The van der Waals surface area contributed by atoms with Gasteiger partial charge in [-0.3, -0.25) is 0 Å². The van der Waals surface area contributed by atoms with Gasteiger partial charge in [0.25, 0.3) is 0 Å². The maximum absolute atomic E-state index is 9.96. The molecule has 3 rings (SSSR count). The molecular weight excluding hydrogens is 278 g/mol. The van der Waals surface area contributed by atoms with Crippen molar-refractivity contribution in [3.8, 4) is 27.6 Å². The minimum Gasteiger partial charge on any atom is -0.507 e. The highest BCUT2D eigenvalue weighted by molar-refractivity contribution is 7.13. The Kier molecular flexibility index (Phi) is 3.52. The average molecular weight is 295 g/mol. The van der Waals surface area contributed by atoms with E-state index in [4.69, 9.17) is 4.98 Å². The molecule has 106 valence electrons. The van der Waals surface area contributed by atoms with E-state index in [-0.39, 0.29) is 5.75 Å². The minimum absolute atomic E-state index is 0.274. The molecule has 0 aliphatic rings. The standard InChI is InChI=1S/C18H17NOS/c1-11-8-12(2)17(13(3)9-11)15-10-21-18(19-15)14-6-4-5-7-16(14)20/h4-10,20H,1-3H3. The summed E-state index contributed by atoms with van der Waals surface area (Å²) in [4.78, 5) is 4.72. The van der Waals surface area contributed by atoms with Crippen molar-refractivity contribution in [1.29, 1.82) is 0 Å². The van der Waals surface area contributed by atoms with E-state index in [0.29, 0.717) is 0 Å². The SMILES string of the molecule is Cc1cc(C)c(-c2csc(-c3ccccc3O)n2)c(C)c1. The Labute approximate surface area is 128 Å². The van der Waals surface area contributed by atoms with E-state index in [1.54, 1.807) is 17.4 Å². The van der Waals surface area contributed by atoms with Crippen molar-refractivity contribution in [3.63, 3.8) is 0 Å². The van der Waals surface area contributed by atoms with Crippen LogP contribution in [-0.2, 0) is 0 Å². The molecule has 1 N–H and O–H groups in total. The molecule has 0 saturated carbocycles. The van der Waals surface area contributed by atoms with Crippen LogP contribution in [-0.4, -0.2) is 10.1 Å². The van der Waals surface area contributed by atoms with Crippen molar-refractivity contribution in [2.24, 2.45) is 0 Å². The number of aromatic hydroxyl groups is 1. The number of aryl methyl sites for hydroxylation is 3. The minimum atomic E-state index is 0.274. The van der Waals surface area contributed by atoms with E-state index in [0.717, 1.165) is 16.3 Å². The number of benzene rings is 2. The van der Waals surface area contributed by atoms with E-state index in [2.05, 4.69) is 38.3 Å². The second-order valence-electron chi connectivity index (χ2n) is 5.33. The number of rotatable bonds is 2. The van der Waals surface area contributed by atoms with Crippen LogP contribution < -0.4 is 0 Å². The number of hydrogen-bond acceptors (Lipinski definition) is 3. The summed E-state index contributed by atoms with van der Waals surface area (Å²) in [5.74, 6) is 0.274. The lowest BCUT2D eigenvalue weighted by Gasteiger charge is -2.08. The molecule has 0 amide bonds. The van der Waals surface area contributed by atoms with Crippen LogP contribution in [0.5, 0.6) is 5.75 Å². The maximum Gasteiger partial charge on any atom is 0.127 e. The van der Waals surface area contributed by atoms with Crippen LogP contribution in [0, 0.1) is 20.8 Å². The number of phenols is 1. The Morgan fingerprint density at radius 2 is 1.67 bits per heavy atom. The van der Waals surface area contributed by atoms with Crippen molar-refractivity contribution >= 4 is 11.3 Å². The van der Waals surface area contributed by atoms with Crippen LogP contribution in [0.2, 0.25) is 0 Å². The molecule has 0 aliphatic carbocycles. The fourth-order valence-corrected chi connectivity index (χ4v) is 3.60. The summed E-state index contributed by atoms with van der Waals surface area (Å²) in [6.45, 7) is 6.35. The van der Waals surface area contributed by atoms with Crippen molar-refractivity contribution in [1.82, 2.24) is 4.98 Å². The highest BCUT2D eigenvalue weighted by atomic mass is 32.1. The first kappa shape index (κ1) is 13.8. The number of hydrogen-bond donors (Lipinski definition) is 1. The fourth-order valence-electron chi connectivity index (χ4n) is 2.75. The van der Waals surface area contributed by atoms with Gasteiger partial charge in [-0.05, 0) is 44.0 Å². The summed E-state index contributed by atoms with van der Waals surface area (Å²) in [5, 5.41) is 12.9. The van der Waals surface area contributed by atoms with Gasteiger partial charge in [-0.25, -0.2) is 4.98 Å². The number of para-hydroxylation sites is 1. The lowest BCUT2D eigenvalue weighted by atomic mass is 9.98. The Morgan fingerprint density at radius 3 is 2.33 bits per heavy atom. The molecule has 0 spiro atoms. The first-order valence-corrected chi connectivity index (χ1v) is 7.76. The molecule has 2 nitrogen and oxygen atoms in total. The molecule has 0 bridgehead atoms. The Hall–Kier alpha value is -2.13. The highest BCUT2D eigenvalue weighted by Gasteiger charge is 2.13. The van der Waals surface area contributed by atoms with Gasteiger partial charge in [-0.2, -0.15) is 0 Å². The highest BCUT2D eigenvalue weighted by Crippen LogP contribution is 2.35. The Morgan fingerprint density at radius 1 is 1.00 bits per heavy atom. The summed E-state index contributed by atoms with van der Waals surface area (Å²) in [6.07, 6.45) is 0. The van der Waals surface area contributed by atoms with Gasteiger partial charge in [0.05, 0.1) is 11.3 Å². The zero-order chi connectivity index (χ0) is 15.0. The van der Waals surface area contributed by atoms with Crippen molar-refractivity contribution in [2.75, 3.05) is 0 Å². The monoisotopic (exact) mass is 295 g/mol. The summed E-state index contributed by atoms with van der Waals surface area (Å²) >= 11 is 1.56. The normalized spacial score (nSPS) is 10.8. The third kappa shape index (κ3) is 2.57. The smallest absolute Gasteiger partial charge is 0.127 e. The third-order valence-electron chi connectivity index (χ3n) is 3.57. The van der Waals surface area contributed by atoms with Crippen molar-refractivity contribution in [2.45, 2.75) is 20.8 Å². The largest absolute Gasteiger partial charge is 0.507 e. The summed E-state index contributed by atoms with van der Waals surface area (Å²) in [5.41, 5.74) is 6.70. The maximum atomic E-state index is 9.96. The van der Waals surface area contributed by atoms with E-state index in [1.807, 2.05) is 18.2 Å². The summed E-state index contributed by atoms with van der Waals surface area (Å²) in [7, 11) is 0. The fraction of sp³-hybridized carbons (Fsp3) is 0.167. The number of aromatic nitrogens is 1. The molecule has 1 heterocycles. The van der Waals surface area contributed by atoms with Gasteiger partial charge >= 0.3 is 0 Å². The van der Waals surface area contributed by atoms with Crippen molar-refractivity contribution in [3.05, 3.63) is 58.5 Å². The van der Waals surface area contributed by atoms with E-state index in [1.165, 1.54) is 22.3 Å². The quantitative estimate of drug-likeness (QED) is 0.713. The predicted octanol–water partition coefficient (Wildman–Crippen LogP) is 5.11. The third-order valence-corrected chi connectivity index (χ3v) is 4.45. The lowest BCUT2D eigenvalue weighted by molar-refractivity contribution is 0.477. The molecule has 0 unspecified atom stereocenters. The Balaban J connectivity index is 2.10. The van der Waals surface area contributed by atoms with Gasteiger partial charge < -0.3 is 5.11 Å². The molecule has 0 atom stereocenters. The molecular formula is C18H17NOS. The van der Waals surface area contributed by atoms with Crippen LogP contribution in [0.15, 0.2) is 41.8 Å². The second kappa shape index (κ2) is 5.34. The van der Waals surface area contributed by atoms with E-state index in [9.17, 15) is 5.11 Å². The summed E-state index contributed by atoms with van der Waals surface area (Å²) < 4.78 is 0. The molecule has 0 aliphatic heterocycles. The van der Waals surface area contributed by atoms with Crippen LogP contribution in [0.4, 0.5) is 0 Å². The van der Waals surface area contributed by atoms with Gasteiger partial charge in [0.15, 0.2) is 0 Å². The molecule has 0 saturated heterocycles. The molecule has 0 fully saturated rings. The van der Waals surface area contributed by atoms with Gasteiger partial charge in [0.1, 0.15) is 10.8 Å². The zero-order valence-electron chi connectivity index (χ0n) is 12.3. The first-order valence-electron chi connectivity index (χ1n) is 6.88. The van der Waals surface area contributed by atoms with E-state index < -0.39 is 0 Å². The molecule has 1 aromatic heterocycles. The van der Waals surface area contributed by atoms with Gasteiger partial charge in [0, 0.05) is 10.9 Å². The number of thiazole rings is 1. The van der Waals surface area contributed by atoms with Crippen LogP contribution in [0.1, 0.15) is 16.7 Å². The van der Waals surface area contributed by atoms with Gasteiger partial charge in [0.2, 0.25) is 0 Å². The van der Waals surface area contributed by atoms with E-state index >= 15 is 0 Å². The second-order valence-corrected chi connectivity index (χ2v) is 6.19. The topological polar surface area (TPSA) is 33.1 Å².